The first-order valence-electron chi connectivity index (χ1n) is 4.78. The maximum absolute atomic E-state index is 9.34. The molecule has 0 saturated carbocycles. The second-order valence-electron chi connectivity index (χ2n) is 3.54. The second kappa shape index (κ2) is 3.76. The highest BCUT2D eigenvalue weighted by molar-refractivity contribution is 5.81. The molecule has 0 amide bonds. The van der Waals surface area contributed by atoms with E-state index < -0.39 is 0 Å². The topological polar surface area (TPSA) is 33.1 Å². The van der Waals surface area contributed by atoms with Gasteiger partial charge in [-0.15, -0.1) is 0 Å². The summed E-state index contributed by atoms with van der Waals surface area (Å²) in [5.74, 6) is 0. The third-order valence-electron chi connectivity index (χ3n) is 2.25. The molecule has 0 aliphatic heterocycles. The van der Waals surface area contributed by atoms with Crippen molar-refractivity contribution < 1.29 is 5.11 Å². The summed E-state index contributed by atoms with van der Waals surface area (Å²) >= 11 is 0. The molecular formula is C12H13NO. The quantitative estimate of drug-likeness (QED) is 0.781. The van der Waals surface area contributed by atoms with Crippen LogP contribution in [-0.2, 0) is 6.42 Å². The third-order valence-corrected chi connectivity index (χ3v) is 2.25. The molecule has 2 nitrogen and oxygen atoms in total. The molecule has 14 heavy (non-hydrogen) atoms. The highest BCUT2D eigenvalue weighted by Gasteiger charge is 2.03. The fourth-order valence-electron chi connectivity index (χ4n) is 1.65. The molecule has 0 bridgehead atoms. The largest absolute Gasteiger partial charge is 0.393 e. The molecule has 2 heteroatoms. The van der Waals surface area contributed by atoms with E-state index in [2.05, 4.69) is 4.98 Å². The molecule has 1 atom stereocenters. The molecule has 0 fully saturated rings. The van der Waals surface area contributed by atoms with Crippen LogP contribution in [0, 0.1) is 0 Å². The molecule has 2 aromatic rings. The Morgan fingerprint density at radius 3 is 2.86 bits per heavy atom. The van der Waals surface area contributed by atoms with Crippen molar-refractivity contribution in [3.05, 3.63) is 42.1 Å². The summed E-state index contributed by atoms with van der Waals surface area (Å²) in [6.45, 7) is 1.80. The van der Waals surface area contributed by atoms with E-state index in [1.807, 2.05) is 30.3 Å². The molecule has 1 N–H and O–H groups in total. The molecule has 1 heterocycles. The van der Waals surface area contributed by atoms with Crippen LogP contribution in [0.2, 0.25) is 0 Å². The molecular weight excluding hydrogens is 174 g/mol. The number of aromatic nitrogens is 1. The van der Waals surface area contributed by atoms with E-state index in [1.54, 1.807) is 13.1 Å². The van der Waals surface area contributed by atoms with Crippen molar-refractivity contribution in [3.63, 3.8) is 0 Å². The van der Waals surface area contributed by atoms with Crippen molar-refractivity contribution in [1.29, 1.82) is 0 Å². The van der Waals surface area contributed by atoms with Gasteiger partial charge in [0.05, 0.1) is 11.6 Å². The molecule has 0 unspecified atom stereocenters. The number of nitrogens with zero attached hydrogens (tertiary/aromatic N) is 1. The zero-order valence-electron chi connectivity index (χ0n) is 8.14. The monoisotopic (exact) mass is 187 g/mol. The number of aliphatic hydroxyl groups excluding tert-OH is 1. The minimum atomic E-state index is -0.305. The standard InChI is InChI=1S/C12H13NO/c1-9(14)8-10-6-7-13-12-5-3-2-4-11(10)12/h2-7,9,14H,8H2,1H3/t9-/m0/s1. The van der Waals surface area contributed by atoms with Gasteiger partial charge in [0.1, 0.15) is 0 Å². The Morgan fingerprint density at radius 2 is 2.07 bits per heavy atom. The van der Waals surface area contributed by atoms with Crippen molar-refractivity contribution in [3.8, 4) is 0 Å². The van der Waals surface area contributed by atoms with Gasteiger partial charge in [-0.2, -0.15) is 0 Å². The number of benzene rings is 1. The summed E-state index contributed by atoms with van der Waals surface area (Å²) in [5.41, 5.74) is 2.15. The Hall–Kier alpha value is -1.41. The smallest absolute Gasteiger partial charge is 0.0704 e. The molecule has 1 aromatic heterocycles. The van der Waals surface area contributed by atoms with Gasteiger partial charge >= 0.3 is 0 Å². The van der Waals surface area contributed by atoms with Crippen LogP contribution in [0.5, 0.6) is 0 Å². The zero-order chi connectivity index (χ0) is 9.97. The zero-order valence-corrected chi connectivity index (χ0v) is 8.14. The Labute approximate surface area is 83.2 Å². The van der Waals surface area contributed by atoms with Crippen LogP contribution < -0.4 is 0 Å². The highest BCUT2D eigenvalue weighted by Crippen LogP contribution is 2.17. The Morgan fingerprint density at radius 1 is 1.29 bits per heavy atom. The molecule has 2 rings (SSSR count). The number of hydrogen-bond acceptors (Lipinski definition) is 2. The second-order valence-corrected chi connectivity index (χ2v) is 3.54. The van der Waals surface area contributed by atoms with Crippen molar-refractivity contribution in [2.75, 3.05) is 0 Å². The lowest BCUT2D eigenvalue weighted by molar-refractivity contribution is 0.196. The summed E-state index contributed by atoms with van der Waals surface area (Å²) in [6.07, 6.45) is 2.17. The van der Waals surface area contributed by atoms with Gasteiger partial charge in [-0.3, -0.25) is 4.98 Å². The van der Waals surface area contributed by atoms with Gasteiger partial charge in [0.25, 0.3) is 0 Å². The first-order valence-corrected chi connectivity index (χ1v) is 4.78. The number of fused-ring (bicyclic) bond motifs is 1. The highest BCUT2D eigenvalue weighted by atomic mass is 16.3. The van der Waals surface area contributed by atoms with Gasteiger partial charge < -0.3 is 5.11 Å². The van der Waals surface area contributed by atoms with E-state index >= 15 is 0 Å². The summed E-state index contributed by atoms with van der Waals surface area (Å²) in [6, 6.07) is 9.97. The van der Waals surface area contributed by atoms with Gasteiger partial charge in [0.15, 0.2) is 0 Å². The predicted molar refractivity (Wildman–Crippen MR) is 57.1 cm³/mol. The molecule has 1 aromatic carbocycles. The fraction of sp³-hybridized carbons (Fsp3) is 0.250. The van der Waals surface area contributed by atoms with Crippen LogP contribution in [0.3, 0.4) is 0 Å². The summed E-state index contributed by atoms with van der Waals surface area (Å²) in [7, 11) is 0. The first-order chi connectivity index (χ1) is 6.77. The summed E-state index contributed by atoms with van der Waals surface area (Å²) in [5, 5.41) is 10.5. The van der Waals surface area contributed by atoms with Crippen molar-refractivity contribution >= 4 is 10.9 Å². The van der Waals surface area contributed by atoms with Gasteiger partial charge in [-0.1, -0.05) is 18.2 Å². The minimum Gasteiger partial charge on any atom is -0.393 e. The average molecular weight is 187 g/mol. The van der Waals surface area contributed by atoms with Crippen molar-refractivity contribution in [2.24, 2.45) is 0 Å². The Kier molecular flexibility index (Phi) is 2.46. The fourth-order valence-corrected chi connectivity index (χ4v) is 1.65. The Bertz CT molecular complexity index is 432. The van der Waals surface area contributed by atoms with Gasteiger partial charge in [-0.05, 0) is 31.0 Å². The summed E-state index contributed by atoms with van der Waals surface area (Å²) in [4.78, 5) is 4.27. The summed E-state index contributed by atoms with van der Waals surface area (Å²) < 4.78 is 0. The van der Waals surface area contributed by atoms with Crippen LogP contribution in [-0.4, -0.2) is 16.2 Å². The van der Waals surface area contributed by atoms with Gasteiger partial charge in [-0.25, -0.2) is 0 Å². The average Bonchev–Trinajstić information content (AvgIpc) is 2.18. The number of para-hydroxylation sites is 1. The molecule has 72 valence electrons. The molecule has 0 aliphatic rings. The SMILES string of the molecule is C[C@H](O)Cc1ccnc2ccccc12. The van der Waals surface area contributed by atoms with Crippen molar-refractivity contribution in [2.45, 2.75) is 19.4 Å². The number of hydrogen-bond donors (Lipinski definition) is 1. The van der Waals surface area contributed by atoms with Crippen LogP contribution in [0.25, 0.3) is 10.9 Å². The lowest BCUT2D eigenvalue weighted by Crippen LogP contribution is -2.04. The maximum Gasteiger partial charge on any atom is 0.0704 e. The first kappa shape index (κ1) is 9.16. The lowest BCUT2D eigenvalue weighted by atomic mass is 10.0. The van der Waals surface area contributed by atoms with E-state index in [4.69, 9.17) is 0 Å². The third kappa shape index (κ3) is 1.75. The molecule has 0 spiro atoms. The van der Waals surface area contributed by atoms with Crippen LogP contribution >= 0.6 is 0 Å². The van der Waals surface area contributed by atoms with E-state index in [-0.39, 0.29) is 6.10 Å². The number of rotatable bonds is 2. The lowest BCUT2D eigenvalue weighted by Gasteiger charge is -2.07. The Balaban J connectivity index is 2.53. The minimum absolute atomic E-state index is 0.305. The maximum atomic E-state index is 9.34. The number of aliphatic hydroxyl groups is 1. The van der Waals surface area contributed by atoms with E-state index in [1.165, 1.54) is 0 Å². The normalized spacial score (nSPS) is 13.0. The van der Waals surface area contributed by atoms with Crippen LogP contribution in [0.15, 0.2) is 36.5 Å². The molecule has 0 radical (unpaired) electrons. The van der Waals surface area contributed by atoms with Crippen molar-refractivity contribution in [1.82, 2.24) is 4.98 Å². The van der Waals surface area contributed by atoms with E-state index in [0.29, 0.717) is 6.42 Å². The number of pyridine rings is 1. The van der Waals surface area contributed by atoms with Crippen LogP contribution in [0.4, 0.5) is 0 Å². The van der Waals surface area contributed by atoms with Gasteiger partial charge in [0, 0.05) is 11.6 Å². The van der Waals surface area contributed by atoms with Gasteiger partial charge in [0.2, 0.25) is 0 Å². The van der Waals surface area contributed by atoms with E-state index in [9.17, 15) is 5.11 Å². The predicted octanol–water partition coefficient (Wildman–Crippen LogP) is 2.16. The van der Waals surface area contributed by atoms with Crippen LogP contribution in [0.1, 0.15) is 12.5 Å². The van der Waals surface area contributed by atoms with E-state index in [0.717, 1.165) is 16.5 Å². The molecule has 0 aliphatic carbocycles. The molecule has 0 saturated heterocycles.